The minimum atomic E-state index is -0.619. The number of rotatable bonds is 7. The first-order valence-corrected chi connectivity index (χ1v) is 10.5. The Labute approximate surface area is 187 Å². The van der Waals surface area contributed by atoms with Crippen LogP contribution < -0.4 is 15.8 Å². The first kappa shape index (κ1) is 22.6. The molecule has 1 N–H and O–H groups in total. The third-order valence-electron chi connectivity index (χ3n) is 5.49. The van der Waals surface area contributed by atoms with Gasteiger partial charge in [-0.3, -0.25) is 14.3 Å². The molecule has 0 aliphatic heterocycles. The highest BCUT2D eigenvalue weighted by molar-refractivity contribution is 6.09. The van der Waals surface area contributed by atoms with Gasteiger partial charge in [0.25, 0.3) is 11.5 Å². The molecule has 32 heavy (non-hydrogen) atoms. The van der Waals surface area contributed by atoms with Crippen LogP contribution in [0.4, 0.5) is 11.4 Å². The van der Waals surface area contributed by atoms with Crippen LogP contribution in [0.3, 0.4) is 0 Å². The van der Waals surface area contributed by atoms with Gasteiger partial charge in [0.05, 0.1) is 11.4 Å². The number of carbonyl (C=O) groups is 1. The number of nitrogens with one attached hydrogen (secondary N) is 1. The Morgan fingerprint density at radius 3 is 2.28 bits per heavy atom. The summed E-state index contributed by atoms with van der Waals surface area (Å²) in [5.41, 5.74) is 2.82. The molecule has 7 heteroatoms. The molecule has 0 saturated heterocycles. The maximum Gasteiger partial charge on any atom is 0.295 e. The molecule has 1 heterocycles. The molecule has 0 aliphatic rings. The quantitative estimate of drug-likeness (QED) is 0.456. The Bertz CT molecular complexity index is 1220. The Morgan fingerprint density at radius 2 is 1.72 bits per heavy atom. The highest BCUT2D eigenvalue weighted by Crippen LogP contribution is 2.18. The minimum absolute atomic E-state index is 0.0745. The molecule has 1 amide bonds. The highest BCUT2D eigenvalue weighted by Gasteiger charge is 2.20. The first-order chi connectivity index (χ1) is 15.4. The number of nitriles is 1. The SMILES string of the molecule is CCN(CC)c1ccc(/C=C(\C#N)C(=O)Nc2c(C)n(C)n(-c3ccccc3)c2=O)cc1. The van der Waals surface area contributed by atoms with E-state index in [1.54, 1.807) is 18.7 Å². The van der Waals surface area contributed by atoms with Crippen LogP contribution in [0.1, 0.15) is 25.1 Å². The van der Waals surface area contributed by atoms with Crippen molar-refractivity contribution in [1.82, 2.24) is 9.36 Å². The van der Waals surface area contributed by atoms with Crippen LogP contribution in [0.15, 0.2) is 65.0 Å². The highest BCUT2D eigenvalue weighted by atomic mass is 16.2. The van der Waals surface area contributed by atoms with E-state index in [0.29, 0.717) is 11.4 Å². The molecular weight excluding hydrogens is 402 g/mol. The minimum Gasteiger partial charge on any atom is -0.372 e. The van der Waals surface area contributed by atoms with Crippen molar-refractivity contribution in [1.29, 1.82) is 5.26 Å². The van der Waals surface area contributed by atoms with Crippen molar-refractivity contribution in [2.75, 3.05) is 23.3 Å². The second-order valence-electron chi connectivity index (χ2n) is 7.32. The lowest BCUT2D eigenvalue weighted by atomic mass is 10.1. The Hall–Kier alpha value is -4.05. The van der Waals surface area contributed by atoms with Gasteiger partial charge in [0.2, 0.25) is 0 Å². The fourth-order valence-corrected chi connectivity index (χ4v) is 3.58. The van der Waals surface area contributed by atoms with E-state index in [0.717, 1.165) is 24.3 Å². The summed E-state index contributed by atoms with van der Waals surface area (Å²) in [6.45, 7) is 7.72. The summed E-state index contributed by atoms with van der Waals surface area (Å²) >= 11 is 0. The Morgan fingerprint density at radius 1 is 1.09 bits per heavy atom. The summed E-state index contributed by atoms with van der Waals surface area (Å²) in [6, 6.07) is 18.8. The molecule has 0 aliphatic carbocycles. The van der Waals surface area contributed by atoms with E-state index >= 15 is 0 Å². The van der Waals surface area contributed by atoms with Crippen LogP contribution in [0.25, 0.3) is 11.8 Å². The van der Waals surface area contributed by atoms with Crippen molar-refractivity contribution in [3.63, 3.8) is 0 Å². The van der Waals surface area contributed by atoms with E-state index in [2.05, 4.69) is 24.1 Å². The molecule has 3 aromatic rings. The van der Waals surface area contributed by atoms with Gasteiger partial charge in [-0.2, -0.15) is 5.26 Å². The second-order valence-corrected chi connectivity index (χ2v) is 7.32. The molecule has 0 unspecified atom stereocenters. The van der Waals surface area contributed by atoms with Crippen LogP contribution in [-0.2, 0) is 11.8 Å². The molecular formula is C25H27N5O2. The number of para-hydroxylation sites is 1. The number of carbonyl (C=O) groups excluding carboxylic acids is 1. The van der Waals surface area contributed by atoms with Crippen LogP contribution in [0, 0.1) is 18.3 Å². The Balaban J connectivity index is 1.88. The van der Waals surface area contributed by atoms with E-state index in [4.69, 9.17) is 0 Å². The zero-order valence-electron chi connectivity index (χ0n) is 18.8. The summed E-state index contributed by atoms with van der Waals surface area (Å²) in [5.74, 6) is -0.619. The third-order valence-corrected chi connectivity index (χ3v) is 5.49. The van der Waals surface area contributed by atoms with Crippen LogP contribution in [-0.4, -0.2) is 28.4 Å². The molecule has 0 fully saturated rings. The molecule has 3 rings (SSSR count). The topological polar surface area (TPSA) is 83.1 Å². The number of hydrogen-bond donors (Lipinski definition) is 1. The molecule has 7 nitrogen and oxygen atoms in total. The van der Waals surface area contributed by atoms with Crippen molar-refractivity contribution in [2.45, 2.75) is 20.8 Å². The molecule has 0 bridgehead atoms. The summed E-state index contributed by atoms with van der Waals surface area (Å²) in [6.07, 6.45) is 1.52. The van der Waals surface area contributed by atoms with E-state index < -0.39 is 5.91 Å². The molecule has 0 saturated carbocycles. The summed E-state index contributed by atoms with van der Waals surface area (Å²) in [4.78, 5) is 28.0. The molecule has 0 atom stereocenters. The predicted molar refractivity (Wildman–Crippen MR) is 128 cm³/mol. The lowest BCUT2D eigenvalue weighted by Crippen LogP contribution is -2.23. The van der Waals surface area contributed by atoms with Crippen molar-refractivity contribution in [3.05, 3.63) is 81.8 Å². The van der Waals surface area contributed by atoms with E-state index in [1.165, 1.54) is 10.8 Å². The zero-order valence-corrected chi connectivity index (χ0v) is 18.8. The van der Waals surface area contributed by atoms with Gasteiger partial charge in [0.1, 0.15) is 17.3 Å². The zero-order chi connectivity index (χ0) is 23.3. The number of aromatic nitrogens is 2. The smallest absolute Gasteiger partial charge is 0.295 e. The molecule has 2 aromatic carbocycles. The van der Waals surface area contributed by atoms with Gasteiger partial charge in [-0.05, 0) is 56.7 Å². The predicted octanol–water partition coefficient (Wildman–Crippen LogP) is 3.88. The van der Waals surface area contributed by atoms with E-state index in [-0.39, 0.29) is 16.8 Å². The van der Waals surface area contributed by atoms with Gasteiger partial charge < -0.3 is 10.2 Å². The number of anilines is 2. The van der Waals surface area contributed by atoms with Gasteiger partial charge in [-0.25, -0.2) is 4.68 Å². The molecule has 0 spiro atoms. The van der Waals surface area contributed by atoms with E-state index in [9.17, 15) is 14.9 Å². The number of benzene rings is 2. The summed E-state index contributed by atoms with van der Waals surface area (Å²) in [7, 11) is 1.75. The fraction of sp³-hybridized carbons (Fsp3) is 0.240. The average molecular weight is 430 g/mol. The number of hydrogen-bond acceptors (Lipinski definition) is 4. The average Bonchev–Trinajstić information content (AvgIpc) is 3.02. The lowest BCUT2D eigenvalue weighted by molar-refractivity contribution is -0.112. The van der Waals surface area contributed by atoms with Crippen LogP contribution >= 0.6 is 0 Å². The van der Waals surface area contributed by atoms with Crippen molar-refractivity contribution in [3.8, 4) is 11.8 Å². The van der Waals surface area contributed by atoms with Gasteiger partial charge in [0.15, 0.2) is 0 Å². The monoisotopic (exact) mass is 429 g/mol. The maximum absolute atomic E-state index is 13.0. The Kier molecular flexibility index (Phi) is 6.96. The van der Waals surface area contributed by atoms with E-state index in [1.807, 2.05) is 60.7 Å². The first-order valence-electron chi connectivity index (χ1n) is 10.5. The largest absolute Gasteiger partial charge is 0.372 e. The van der Waals surface area contributed by atoms with Crippen LogP contribution in [0.2, 0.25) is 0 Å². The second kappa shape index (κ2) is 9.84. The standard InChI is InChI=1S/C25H27N5O2/c1-5-29(6-2)21-14-12-19(13-15-21)16-20(17-26)24(31)27-23-18(3)28(4)30(25(23)32)22-10-8-7-9-11-22/h7-16H,5-6H2,1-4H3,(H,27,31)/b20-16+. The van der Waals surface area contributed by atoms with Gasteiger partial charge in [-0.15, -0.1) is 0 Å². The maximum atomic E-state index is 13.0. The van der Waals surface area contributed by atoms with Crippen LogP contribution in [0.5, 0.6) is 0 Å². The van der Waals surface area contributed by atoms with Gasteiger partial charge in [0, 0.05) is 25.8 Å². The summed E-state index contributed by atoms with van der Waals surface area (Å²) in [5, 5.41) is 12.2. The number of nitrogens with zero attached hydrogens (tertiary/aromatic N) is 4. The van der Waals surface area contributed by atoms with Crippen molar-refractivity contribution >= 4 is 23.4 Å². The molecule has 1 aromatic heterocycles. The van der Waals surface area contributed by atoms with Crippen molar-refractivity contribution < 1.29 is 4.79 Å². The van der Waals surface area contributed by atoms with Crippen molar-refractivity contribution in [2.24, 2.45) is 7.05 Å². The lowest BCUT2D eigenvalue weighted by Gasteiger charge is -2.20. The number of amides is 1. The fourth-order valence-electron chi connectivity index (χ4n) is 3.58. The van der Waals surface area contributed by atoms with Gasteiger partial charge in [-0.1, -0.05) is 30.3 Å². The third kappa shape index (κ3) is 4.49. The molecule has 0 radical (unpaired) electrons. The van der Waals surface area contributed by atoms with Gasteiger partial charge >= 0.3 is 0 Å². The normalized spacial score (nSPS) is 11.2. The molecule has 164 valence electrons. The summed E-state index contributed by atoms with van der Waals surface area (Å²) < 4.78 is 3.15.